The van der Waals surface area contributed by atoms with Crippen molar-refractivity contribution in [3.63, 3.8) is 0 Å². The first-order valence-electron chi connectivity index (χ1n) is 9.95. The predicted molar refractivity (Wildman–Crippen MR) is 114 cm³/mol. The monoisotopic (exact) mass is 437 g/mol. The number of thiazole rings is 1. The summed E-state index contributed by atoms with van der Waals surface area (Å²) in [5.41, 5.74) is 2.07. The molecule has 0 atom stereocenters. The molecule has 1 aromatic heterocycles. The van der Waals surface area contributed by atoms with Crippen LogP contribution in [0.15, 0.2) is 23.2 Å². The average molecular weight is 438 g/mol. The van der Waals surface area contributed by atoms with E-state index >= 15 is 0 Å². The van der Waals surface area contributed by atoms with Gasteiger partial charge in [0.15, 0.2) is 14.6 Å². The molecule has 0 radical (unpaired) electrons. The molecule has 0 bridgehead atoms. The summed E-state index contributed by atoms with van der Waals surface area (Å²) in [6.07, 6.45) is 4.99. The fourth-order valence-electron chi connectivity index (χ4n) is 3.67. The fraction of sp³-hybridized carbons (Fsp3) is 0.550. The molecule has 2 aromatic rings. The molecule has 1 heterocycles. The molecular formula is C20H27N3O4S2. The van der Waals surface area contributed by atoms with Gasteiger partial charge in [-0.25, -0.2) is 8.42 Å². The van der Waals surface area contributed by atoms with E-state index in [0.29, 0.717) is 11.3 Å². The number of amides is 2. The summed E-state index contributed by atoms with van der Waals surface area (Å²) in [5.74, 6) is -2.72. The zero-order valence-electron chi connectivity index (χ0n) is 16.8. The summed E-state index contributed by atoms with van der Waals surface area (Å²) < 4.78 is 27.5. The van der Waals surface area contributed by atoms with Gasteiger partial charge in [0.05, 0.1) is 10.2 Å². The van der Waals surface area contributed by atoms with E-state index in [1.807, 2.05) is 36.6 Å². The second-order valence-electron chi connectivity index (χ2n) is 7.54. The Bertz CT molecular complexity index is 1080. The number of nitrogens with zero attached hydrogens (tertiary/aromatic N) is 2. The van der Waals surface area contributed by atoms with Gasteiger partial charge in [0, 0.05) is 12.6 Å². The molecule has 158 valence electrons. The molecule has 0 saturated heterocycles. The van der Waals surface area contributed by atoms with Crippen LogP contribution in [0.3, 0.4) is 0 Å². The van der Waals surface area contributed by atoms with Crippen LogP contribution in [0.4, 0.5) is 0 Å². The van der Waals surface area contributed by atoms with Crippen LogP contribution in [0.1, 0.15) is 44.6 Å². The lowest BCUT2D eigenvalue weighted by atomic mass is 9.95. The number of carbonyl (C=O) groups excluding carboxylic acids is 2. The van der Waals surface area contributed by atoms with E-state index in [1.165, 1.54) is 11.3 Å². The van der Waals surface area contributed by atoms with Crippen molar-refractivity contribution in [1.29, 1.82) is 0 Å². The Labute approximate surface area is 174 Å². The first kappa shape index (κ1) is 21.7. The molecule has 1 aromatic carbocycles. The maximum absolute atomic E-state index is 12.3. The molecule has 2 amide bonds. The van der Waals surface area contributed by atoms with Crippen molar-refractivity contribution in [2.24, 2.45) is 4.99 Å². The minimum Gasteiger partial charge on any atom is -0.352 e. The average Bonchev–Trinajstić information content (AvgIpc) is 2.96. The van der Waals surface area contributed by atoms with Gasteiger partial charge >= 0.3 is 0 Å². The van der Waals surface area contributed by atoms with Gasteiger partial charge in [-0.05, 0) is 44.4 Å². The van der Waals surface area contributed by atoms with E-state index in [0.717, 1.165) is 47.9 Å². The highest BCUT2D eigenvalue weighted by atomic mass is 32.2. The van der Waals surface area contributed by atoms with E-state index in [-0.39, 0.29) is 6.04 Å². The van der Waals surface area contributed by atoms with Crippen LogP contribution in [-0.2, 0) is 26.0 Å². The van der Waals surface area contributed by atoms with E-state index < -0.39 is 33.2 Å². The van der Waals surface area contributed by atoms with E-state index in [4.69, 9.17) is 0 Å². The number of rotatable bonds is 6. The molecule has 0 spiro atoms. The summed E-state index contributed by atoms with van der Waals surface area (Å²) in [4.78, 5) is 28.9. The van der Waals surface area contributed by atoms with Crippen molar-refractivity contribution in [3.8, 4) is 0 Å². The third-order valence-electron chi connectivity index (χ3n) is 5.04. The first-order chi connectivity index (χ1) is 13.8. The molecule has 1 fully saturated rings. The SMILES string of the molecule is CCn1c(=NC(=O)CS(=O)(=O)CC(=O)NC2CCCCC2)sc2cc(C)ccc21. The number of fused-ring (bicyclic) bond motifs is 1. The quantitative estimate of drug-likeness (QED) is 0.750. The highest BCUT2D eigenvalue weighted by Gasteiger charge is 2.23. The third kappa shape index (κ3) is 5.76. The second-order valence-corrected chi connectivity index (χ2v) is 10.6. The van der Waals surface area contributed by atoms with Crippen LogP contribution < -0.4 is 10.1 Å². The summed E-state index contributed by atoms with van der Waals surface area (Å²) in [6, 6.07) is 6.02. The van der Waals surface area contributed by atoms with Gasteiger partial charge in [-0.2, -0.15) is 4.99 Å². The Morgan fingerprint density at radius 2 is 1.93 bits per heavy atom. The smallest absolute Gasteiger partial charge is 0.263 e. The van der Waals surface area contributed by atoms with E-state index in [2.05, 4.69) is 10.3 Å². The van der Waals surface area contributed by atoms with E-state index in [9.17, 15) is 18.0 Å². The van der Waals surface area contributed by atoms with Crippen molar-refractivity contribution in [1.82, 2.24) is 9.88 Å². The molecule has 7 nitrogen and oxygen atoms in total. The normalized spacial score (nSPS) is 16.3. The van der Waals surface area contributed by atoms with Gasteiger partial charge < -0.3 is 9.88 Å². The Hall–Kier alpha value is -2.00. The molecule has 1 aliphatic carbocycles. The minimum atomic E-state index is -3.87. The molecule has 9 heteroatoms. The zero-order valence-corrected chi connectivity index (χ0v) is 18.4. The number of sulfone groups is 1. The third-order valence-corrected chi connectivity index (χ3v) is 7.47. The molecular weight excluding hydrogens is 410 g/mol. The van der Waals surface area contributed by atoms with Crippen molar-refractivity contribution in [2.75, 3.05) is 11.5 Å². The zero-order chi connectivity index (χ0) is 21.0. The number of hydrogen-bond donors (Lipinski definition) is 1. The van der Waals surface area contributed by atoms with Crippen molar-refractivity contribution >= 4 is 43.2 Å². The van der Waals surface area contributed by atoms with E-state index in [1.54, 1.807) is 0 Å². The molecule has 1 N–H and O–H groups in total. The Balaban J connectivity index is 1.70. The lowest BCUT2D eigenvalue weighted by Crippen LogP contribution is -2.40. The summed E-state index contributed by atoms with van der Waals surface area (Å²) in [6.45, 7) is 4.55. The molecule has 29 heavy (non-hydrogen) atoms. The highest BCUT2D eigenvalue weighted by molar-refractivity contribution is 7.92. The molecule has 0 aliphatic heterocycles. The van der Waals surface area contributed by atoms with Gasteiger partial charge in [-0.1, -0.05) is 36.7 Å². The lowest BCUT2D eigenvalue weighted by Gasteiger charge is -2.22. The van der Waals surface area contributed by atoms with Gasteiger partial charge in [0.1, 0.15) is 11.5 Å². The number of benzene rings is 1. The van der Waals surface area contributed by atoms with Gasteiger partial charge in [0.2, 0.25) is 5.91 Å². The summed E-state index contributed by atoms with van der Waals surface area (Å²) in [7, 11) is -3.87. The molecule has 1 aliphatic rings. The summed E-state index contributed by atoms with van der Waals surface area (Å²) >= 11 is 1.36. The first-order valence-corrected chi connectivity index (χ1v) is 12.6. The van der Waals surface area contributed by atoms with Gasteiger partial charge in [-0.15, -0.1) is 0 Å². The maximum atomic E-state index is 12.3. The number of carbonyl (C=O) groups is 2. The van der Waals surface area contributed by atoms with Gasteiger partial charge in [0.25, 0.3) is 5.91 Å². The number of aryl methyl sites for hydroxylation is 2. The number of nitrogens with one attached hydrogen (secondary N) is 1. The standard InChI is InChI=1S/C20H27N3O4S2/c1-3-23-16-10-9-14(2)11-17(16)28-20(23)22-19(25)13-29(26,27)12-18(24)21-15-7-5-4-6-8-15/h9-11,15H,3-8,12-13H2,1-2H3,(H,21,24). The predicted octanol–water partition coefficient (Wildman–Crippen LogP) is 2.32. The number of aromatic nitrogens is 1. The Kier molecular flexibility index (Phi) is 6.89. The summed E-state index contributed by atoms with van der Waals surface area (Å²) in [5, 5.41) is 2.78. The molecule has 0 unspecified atom stereocenters. The molecule has 3 rings (SSSR count). The van der Waals surface area contributed by atoms with Gasteiger partial charge in [-0.3, -0.25) is 9.59 Å². The fourth-order valence-corrected chi connectivity index (χ4v) is 5.90. The minimum absolute atomic E-state index is 0.0392. The van der Waals surface area contributed by atoms with Crippen LogP contribution in [0.25, 0.3) is 10.2 Å². The van der Waals surface area contributed by atoms with Crippen LogP contribution in [0, 0.1) is 6.92 Å². The Morgan fingerprint density at radius 3 is 2.62 bits per heavy atom. The maximum Gasteiger partial charge on any atom is 0.263 e. The van der Waals surface area contributed by atoms with Crippen molar-refractivity contribution < 1.29 is 18.0 Å². The van der Waals surface area contributed by atoms with Crippen LogP contribution in [-0.4, -0.2) is 42.3 Å². The van der Waals surface area contributed by atoms with Crippen LogP contribution in [0.2, 0.25) is 0 Å². The van der Waals surface area contributed by atoms with Crippen LogP contribution >= 0.6 is 11.3 Å². The largest absolute Gasteiger partial charge is 0.352 e. The topological polar surface area (TPSA) is 97.6 Å². The lowest BCUT2D eigenvalue weighted by molar-refractivity contribution is -0.119. The van der Waals surface area contributed by atoms with Crippen molar-refractivity contribution in [2.45, 2.75) is 58.5 Å². The number of hydrogen-bond acceptors (Lipinski definition) is 5. The Morgan fingerprint density at radius 1 is 1.21 bits per heavy atom. The molecule has 1 saturated carbocycles. The van der Waals surface area contributed by atoms with Crippen LogP contribution in [0.5, 0.6) is 0 Å². The van der Waals surface area contributed by atoms with Crippen molar-refractivity contribution in [3.05, 3.63) is 28.6 Å². The highest BCUT2D eigenvalue weighted by Crippen LogP contribution is 2.19. The second kappa shape index (κ2) is 9.21.